The van der Waals surface area contributed by atoms with Gasteiger partial charge in [-0.05, 0) is 30.8 Å². The number of carbonyl (C=O) groups is 1. The molecule has 2 rings (SSSR count). The number of rotatable bonds is 5. The Balaban J connectivity index is 1.85. The molecule has 0 bridgehead atoms. The topological polar surface area (TPSA) is 49.6 Å². The fraction of sp³-hybridized carbons (Fsp3) is 0.643. The van der Waals surface area contributed by atoms with Crippen molar-refractivity contribution < 1.29 is 4.79 Å². The van der Waals surface area contributed by atoms with Crippen LogP contribution in [0.1, 0.15) is 24.1 Å². The summed E-state index contributed by atoms with van der Waals surface area (Å²) in [6.45, 7) is 2.86. The molecule has 1 aromatic heterocycles. The Morgan fingerprint density at radius 1 is 1.58 bits per heavy atom. The first kappa shape index (κ1) is 14.5. The van der Waals surface area contributed by atoms with Crippen molar-refractivity contribution >= 4 is 17.2 Å². The summed E-state index contributed by atoms with van der Waals surface area (Å²) in [5.74, 6) is 0.189. The van der Waals surface area contributed by atoms with E-state index < -0.39 is 0 Å². The Morgan fingerprint density at radius 2 is 2.42 bits per heavy atom. The first-order valence-corrected chi connectivity index (χ1v) is 7.79. The fourth-order valence-electron chi connectivity index (χ4n) is 2.55. The van der Waals surface area contributed by atoms with E-state index in [2.05, 4.69) is 11.0 Å². The first-order valence-electron chi connectivity index (χ1n) is 6.91. The number of nitrogens with zero attached hydrogens (tertiary/aromatic N) is 2. The summed E-state index contributed by atoms with van der Waals surface area (Å²) in [6, 6.07) is 4.47. The summed E-state index contributed by atoms with van der Waals surface area (Å²) in [5, 5.41) is 2.04. The van der Waals surface area contributed by atoms with Crippen molar-refractivity contribution in [3.05, 3.63) is 22.4 Å². The lowest BCUT2D eigenvalue weighted by atomic mass is 10.0. The van der Waals surface area contributed by atoms with Crippen LogP contribution >= 0.6 is 11.3 Å². The third-order valence-electron chi connectivity index (χ3n) is 3.76. The van der Waals surface area contributed by atoms with Gasteiger partial charge in [-0.1, -0.05) is 12.5 Å². The normalized spacial score (nSPS) is 20.4. The predicted molar refractivity (Wildman–Crippen MR) is 79.1 cm³/mol. The Morgan fingerprint density at radius 3 is 3.11 bits per heavy atom. The number of piperidine rings is 1. The minimum atomic E-state index is 0.189. The Hall–Kier alpha value is -0.910. The van der Waals surface area contributed by atoms with Crippen LogP contribution in [0.15, 0.2) is 17.5 Å². The molecule has 1 atom stereocenters. The van der Waals surface area contributed by atoms with Crippen molar-refractivity contribution in [2.24, 2.45) is 5.73 Å². The molecule has 5 heteroatoms. The summed E-state index contributed by atoms with van der Waals surface area (Å²) in [4.78, 5) is 17.5. The second-order valence-corrected chi connectivity index (χ2v) is 6.22. The molecule has 1 aliphatic heterocycles. The summed E-state index contributed by atoms with van der Waals surface area (Å²) >= 11 is 1.69. The Kier molecular flexibility index (Phi) is 5.36. The van der Waals surface area contributed by atoms with Crippen LogP contribution in [-0.4, -0.2) is 48.4 Å². The van der Waals surface area contributed by atoms with Gasteiger partial charge in [-0.15, -0.1) is 11.3 Å². The number of likely N-dealkylation sites (N-methyl/N-ethyl adjacent to an activating group) is 1. The zero-order valence-corrected chi connectivity index (χ0v) is 12.4. The monoisotopic (exact) mass is 281 g/mol. The largest absolute Gasteiger partial charge is 0.340 e. The van der Waals surface area contributed by atoms with E-state index in [1.54, 1.807) is 11.3 Å². The van der Waals surface area contributed by atoms with Crippen LogP contribution in [0.3, 0.4) is 0 Å². The second-order valence-electron chi connectivity index (χ2n) is 5.18. The van der Waals surface area contributed by atoms with Gasteiger partial charge in [0.2, 0.25) is 5.91 Å². The second kappa shape index (κ2) is 7.03. The lowest BCUT2D eigenvalue weighted by Gasteiger charge is -2.35. The molecule has 0 aliphatic carbocycles. The van der Waals surface area contributed by atoms with Gasteiger partial charge in [-0.2, -0.15) is 0 Å². The highest BCUT2D eigenvalue weighted by molar-refractivity contribution is 7.09. The molecule has 1 aromatic rings. The van der Waals surface area contributed by atoms with Crippen molar-refractivity contribution in [1.29, 1.82) is 0 Å². The van der Waals surface area contributed by atoms with Crippen molar-refractivity contribution in [2.75, 3.05) is 26.7 Å². The maximum Gasteiger partial charge on any atom is 0.236 e. The van der Waals surface area contributed by atoms with Crippen LogP contribution in [0.25, 0.3) is 0 Å². The van der Waals surface area contributed by atoms with Crippen LogP contribution in [0, 0.1) is 0 Å². The minimum Gasteiger partial charge on any atom is -0.340 e. The molecule has 0 radical (unpaired) electrons. The van der Waals surface area contributed by atoms with Crippen LogP contribution in [0.4, 0.5) is 0 Å². The summed E-state index contributed by atoms with van der Waals surface area (Å²) in [5.41, 5.74) is 5.79. The summed E-state index contributed by atoms with van der Waals surface area (Å²) in [6.07, 6.45) is 3.54. The van der Waals surface area contributed by atoms with Crippen molar-refractivity contribution in [3.63, 3.8) is 0 Å². The molecule has 19 heavy (non-hydrogen) atoms. The van der Waals surface area contributed by atoms with Gasteiger partial charge in [-0.3, -0.25) is 9.69 Å². The molecule has 1 fully saturated rings. The van der Waals surface area contributed by atoms with Gasteiger partial charge < -0.3 is 10.6 Å². The maximum absolute atomic E-state index is 12.2. The van der Waals surface area contributed by atoms with E-state index >= 15 is 0 Å². The number of carbonyl (C=O) groups excluding carboxylic acids is 1. The molecule has 4 nitrogen and oxygen atoms in total. The molecule has 2 N–H and O–H groups in total. The molecule has 0 saturated carbocycles. The molecule has 1 unspecified atom stereocenters. The third kappa shape index (κ3) is 4.03. The Labute approximate surface area is 119 Å². The van der Waals surface area contributed by atoms with Crippen molar-refractivity contribution in [3.8, 4) is 0 Å². The molecule has 0 spiro atoms. The van der Waals surface area contributed by atoms with E-state index in [0.29, 0.717) is 25.7 Å². The number of thiophene rings is 1. The molecule has 0 aromatic carbocycles. The molecule has 2 heterocycles. The van der Waals surface area contributed by atoms with Gasteiger partial charge in [0.05, 0.1) is 13.1 Å². The average Bonchev–Trinajstić information content (AvgIpc) is 2.92. The van der Waals surface area contributed by atoms with Gasteiger partial charge in [0.15, 0.2) is 0 Å². The van der Waals surface area contributed by atoms with E-state index in [9.17, 15) is 4.79 Å². The van der Waals surface area contributed by atoms with Gasteiger partial charge in [0.25, 0.3) is 0 Å². The van der Waals surface area contributed by atoms with Gasteiger partial charge in [-0.25, -0.2) is 0 Å². The van der Waals surface area contributed by atoms with Crippen molar-refractivity contribution in [1.82, 2.24) is 9.80 Å². The zero-order valence-electron chi connectivity index (χ0n) is 11.5. The maximum atomic E-state index is 12.2. The molecule has 106 valence electrons. The van der Waals surface area contributed by atoms with Gasteiger partial charge in [0.1, 0.15) is 0 Å². The number of hydrogen-bond acceptors (Lipinski definition) is 4. The first-order chi connectivity index (χ1) is 9.20. The highest BCUT2D eigenvalue weighted by Crippen LogP contribution is 2.16. The Bertz CT molecular complexity index is 393. The van der Waals surface area contributed by atoms with Crippen LogP contribution in [0.5, 0.6) is 0 Å². The SMILES string of the molecule is CN(Cc1cccs1)C(=O)CN1CCCCC1CN. The lowest BCUT2D eigenvalue weighted by molar-refractivity contribution is -0.132. The van der Waals surface area contributed by atoms with Gasteiger partial charge in [0, 0.05) is 24.5 Å². The molecule has 1 aliphatic rings. The molecular weight excluding hydrogens is 258 g/mol. The number of likely N-dealkylation sites (tertiary alicyclic amines) is 1. The number of amides is 1. The van der Waals surface area contributed by atoms with Crippen LogP contribution < -0.4 is 5.73 Å². The van der Waals surface area contributed by atoms with Crippen molar-refractivity contribution in [2.45, 2.75) is 31.8 Å². The minimum absolute atomic E-state index is 0.189. The van der Waals surface area contributed by atoms with E-state index in [0.717, 1.165) is 13.0 Å². The van der Waals surface area contributed by atoms with Crippen LogP contribution in [-0.2, 0) is 11.3 Å². The summed E-state index contributed by atoms with van der Waals surface area (Å²) in [7, 11) is 1.88. The average molecular weight is 281 g/mol. The van der Waals surface area contributed by atoms with Gasteiger partial charge >= 0.3 is 0 Å². The zero-order chi connectivity index (χ0) is 13.7. The third-order valence-corrected chi connectivity index (χ3v) is 4.62. The lowest BCUT2D eigenvalue weighted by Crippen LogP contribution is -2.48. The van der Waals surface area contributed by atoms with E-state index in [4.69, 9.17) is 5.73 Å². The number of nitrogens with two attached hydrogens (primary N) is 1. The molecule has 1 saturated heterocycles. The smallest absolute Gasteiger partial charge is 0.236 e. The standard InChI is InChI=1S/C14H23N3OS/c1-16(10-13-6-4-8-19-13)14(18)11-17-7-3-2-5-12(17)9-15/h4,6,8,12H,2-3,5,7,9-11,15H2,1H3. The molecular formula is C14H23N3OS. The van der Waals surface area contributed by atoms with E-state index in [-0.39, 0.29) is 5.91 Å². The fourth-order valence-corrected chi connectivity index (χ4v) is 3.31. The molecule has 1 amide bonds. The quantitative estimate of drug-likeness (QED) is 0.890. The predicted octanol–water partition coefficient (Wildman–Crippen LogP) is 1.52. The summed E-state index contributed by atoms with van der Waals surface area (Å²) < 4.78 is 0. The highest BCUT2D eigenvalue weighted by Gasteiger charge is 2.24. The highest BCUT2D eigenvalue weighted by atomic mass is 32.1. The van der Waals surface area contributed by atoms with E-state index in [1.807, 2.05) is 23.4 Å². The van der Waals surface area contributed by atoms with Crippen LogP contribution in [0.2, 0.25) is 0 Å². The number of hydrogen-bond donors (Lipinski definition) is 1. The van der Waals surface area contributed by atoms with E-state index in [1.165, 1.54) is 17.7 Å².